The van der Waals surface area contributed by atoms with Gasteiger partial charge in [0.1, 0.15) is 0 Å². The van der Waals surface area contributed by atoms with Gasteiger partial charge in [-0.2, -0.15) is 0 Å². The molecule has 0 radical (unpaired) electrons. The normalized spacial score (nSPS) is 14.9. The van der Waals surface area contributed by atoms with Crippen molar-refractivity contribution in [2.24, 2.45) is 0 Å². The number of hydrogen-bond donors (Lipinski definition) is 1. The van der Waals surface area contributed by atoms with Crippen molar-refractivity contribution < 1.29 is 18.3 Å². The quantitative estimate of drug-likeness (QED) is 0.677. The molecule has 0 saturated carbocycles. The summed E-state index contributed by atoms with van der Waals surface area (Å²) in [6.07, 6.45) is 0. The van der Waals surface area contributed by atoms with Gasteiger partial charge in [0.2, 0.25) is 0 Å². The van der Waals surface area contributed by atoms with Crippen LogP contribution in [-0.4, -0.2) is 30.0 Å². The zero-order valence-electron chi connectivity index (χ0n) is 6.73. The van der Waals surface area contributed by atoms with Crippen LogP contribution in [0.25, 0.3) is 0 Å². The van der Waals surface area contributed by atoms with Crippen LogP contribution in [-0.2, 0) is 14.6 Å². The lowest BCUT2D eigenvalue weighted by molar-refractivity contribution is -0.136. The lowest BCUT2D eigenvalue weighted by atomic mass is 10.5. The topological polar surface area (TPSA) is 71.4 Å². The van der Waals surface area contributed by atoms with Gasteiger partial charge in [0.25, 0.3) is 0 Å². The summed E-state index contributed by atoms with van der Waals surface area (Å²) in [7, 11) is -3.48. The highest BCUT2D eigenvalue weighted by molar-refractivity contribution is 7.93. The minimum absolute atomic E-state index is 0.631. The van der Waals surface area contributed by atoms with Gasteiger partial charge in [0.15, 0.2) is 15.1 Å². The Labute approximate surface area is 66.1 Å². The van der Waals surface area contributed by atoms with Gasteiger partial charge in [-0.05, 0) is 20.8 Å². The summed E-state index contributed by atoms with van der Waals surface area (Å²) in [6, 6.07) is 0. The van der Waals surface area contributed by atoms with Gasteiger partial charge in [-0.15, -0.1) is 0 Å². The first kappa shape index (κ1) is 10.4. The van der Waals surface area contributed by atoms with E-state index in [9.17, 15) is 13.2 Å². The average molecular weight is 180 g/mol. The third kappa shape index (κ3) is 2.18. The summed E-state index contributed by atoms with van der Waals surface area (Å²) in [4.78, 5) is 10.3. The third-order valence-corrected chi connectivity index (χ3v) is 4.00. The number of sulfone groups is 1. The van der Waals surface area contributed by atoms with Crippen molar-refractivity contribution in [2.45, 2.75) is 31.3 Å². The lowest BCUT2D eigenvalue weighted by Gasteiger charge is -2.10. The maximum absolute atomic E-state index is 11.1. The van der Waals surface area contributed by atoms with Crippen molar-refractivity contribution in [3.05, 3.63) is 0 Å². The van der Waals surface area contributed by atoms with E-state index in [0.717, 1.165) is 0 Å². The Morgan fingerprint density at radius 1 is 1.27 bits per heavy atom. The van der Waals surface area contributed by atoms with Crippen LogP contribution in [0.2, 0.25) is 0 Å². The molecule has 0 aromatic carbocycles. The van der Waals surface area contributed by atoms with Crippen LogP contribution in [0.5, 0.6) is 0 Å². The molecule has 1 atom stereocenters. The van der Waals surface area contributed by atoms with Crippen molar-refractivity contribution in [3.8, 4) is 0 Å². The molecule has 66 valence electrons. The van der Waals surface area contributed by atoms with E-state index in [-0.39, 0.29) is 0 Å². The summed E-state index contributed by atoms with van der Waals surface area (Å²) in [5, 5.41) is 6.45. The Hall–Kier alpha value is -0.580. The van der Waals surface area contributed by atoms with Crippen molar-refractivity contribution in [1.82, 2.24) is 0 Å². The van der Waals surface area contributed by atoms with Crippen LogP contribution in [0.4, 0.5) is 0 Å². The Morgan fingerprint density at radius 2 is 1.64 bits per heavy atom. The van der Waals surface area contributed by atoms with E-state index in [2.05, 4.69) is 0 Å². The molecule has 0 amide bonds. The molecule has 0 aliphatic carbocycles. The molecule has 0 bridgehead atoms. The van der Waals surface area contributed by atoms with Gasteiger partial charge >= 0.3 is 5.97 Å². The largest absolute Gasteiger partial charge is 0.480 e. The Balaban J connectivity index is 4.72. The van der Waals surface area contributed by atoms with Gasteiger partial charge in [0.05, 0.1) is 5.25 Å². The predicted molar refractivity (Wildman–Crippen MR) is 41.2 cm³/mol. The highest BCUT2D eigenvalue weighted by atomic mass is 32.2. The Bertz CT molecular complexity index is 239. The van der Waals surface area contributed by atoms with Crippen LogP contribution < -0.4 is 0 Å². The van der Waals surface area contributed by atoms with Crippen molar-refractivity contribution in [3.63, 3.8) is 0 Å². The summed E-state index contributed by atoms with van der Waals surface area (Å²) < 4.78 is 22.2. The fourth-order valence-corrected chi connectivity index (χ4v) is 1.65. The molecule has 0 fully saturated rings. The Kier molecular flexibility index (Phi) is 3.04. The first-order valence-electron chi connectivity index (χ1n) is 3.25. The lowest BCUT2D eigenvalue weighted by Crippen LogP contribution is -2.32. The van der Waals surface area contributed by atoms with Gasteiger partial charge in [-0.25, -0.2) is 8.42 Å². The minimum Gasteiger partial charge on any atom is -0.480 e. The molecule has 0 aromatic rings. The van der Waals surface area contributed by atoms with E-state index >= 15 is 0 Å². The van der Waals surface area contributed by atoms with Crippen LogP contribution in [0, 0.1) is 0 Å². The summed E-state index contributed by atoms with van der Waals surface area (Å²) in [6.45, 7) is 4.11. The summed E-state index contributed by atoms with van der Waals surface area (Å²) >= 11 is 0. The van der Waals surface area contributed by atoms with Crippen molar-refractivity contribution in [2.75, 3.05) is 0 Å². The van der Waals surface area contributed by atoms with Gasteiger partial charge in [-0.1, -0.05) is 0 Å². The SMILES string of the molecule is CC(C)S(=O)(=O)[C@@H](C)C(=O)O. The number of hydrogen-bond acceptors (Lipinski definition) is 3. The van der Waals surface area contributed by atoms with Crippen molar-refractivity contribution in [1.29, 1.82) is 0 Å². The molecule has 0 saturated heterocycles. The molecule has 4 nitrogen and oxygen atoms in total. The molecule has 5 heteroatoms. The maximum atomic E-state index is 11.1. The second-order valence-electron chi connectivity index (χ2n) is 2.62. The molecular weight excluding hydrogens is 168 g/mol. The zero-order valence-corrected chi connectivity index (χ0v) is 7.55. The van der Waals surface area contributed by atoms with Crippen LogP contribution >= 0.6 is 0 Å². The molecule has 0 aliphatic heterocycles. The Morgan fingerprint density at radius 3 is 1.73 bits per heavy atom. The van der Waals surface area contributed by atoms with Crippen LogP contribution in [0.1, 0.15) is 20.8 Å². The van der Waals surface area contributed by atoms with Gasteiger partial charge < -0.3 is 5.11 Å². The molecule has 11 heavy (non-hydrogen) atoms. The smallest absolute Gasteiger partial charge is 0.321 e. The molecule has 0 aromatic heterocycles. The average Bonchev–Trinajstić information content (AvgIpc) is 1.85. The monoisotopic (exact) mass is 180 g/mol. The summed E-state index contributed by atoms with van der Waals surface area (Å²) in [5.41, 5.74) is 0. The fourth-order valence-electron chi connectivity index (χ4n) is 0.549. The summed E-state index contributed by atoms with van der Waals surface area (Å²) in [5.74, 6) is -1.29. The van der Waals surface area contributed by atoms with E-state index in [0.29, 0.717) is 0 Å². The maximum Gasteiger partial charge on any atom is 0.321 e. The zero-order chi connectivity index (χ0) is 9.23. The van der Waals surface area contributed by atoms with Gasteiger partial charge in [-0.3, -0.25) is 4.79 Å². The minimum atomic E-state index is -3.48. The molecule has 0 unspecified atom stereocenters. The molecule has 0 aliphatic rings. The number of carboxylic acids is 1. The number of carbonyl (C=O) groups is 1. The van der Waals surface area contributed by atoms with Gasteiger partial charge in [0, 0.05) is 0 Å². The number of aliphatic carboxylic acids is 1. The van der Waals surface area contributed by atoms with Crippen LogP contribution in [0.3, 0.4) is 0 Å². The van der Waals surface area contributed by atoms with Crippen LogP contribution in [0.15, 0.2) is 0 Å². The van der Waals surface area contributed by atoms with E-state index < -0.39 is 26.3 Å². The number of rotatable bonds is 3. The first-order chi connectivity index (χ1) is 4.80. The standard InChI is InChI=1S/C6H12O4S/c1-4(2)11(9,10)5(3)6(7)8/h4-5H,1-3H3,(H,7,8)/t5-/m0/s1. The molecule has 0 rings (SSSR count). The van der Waals surface area contributed by atoms with E-state index in [1.165, 1.54) is 20.8 Å². The highest BCUT2D eigenvalue weighted by Gasteiger charge is 2.30. The molecule has 1 N–H and O–H groups in total. The highest BCUT2D eigenvalue weighted by Crippen LogP contribution is 2.08. The number of carboxylic acid groups (broad SMARTS) is 1. The first-order valence-corrected chi connectivity index (χ1v) is 4.86. The second kappa shape index (κ2) is 3.21. The molecular formula is C6H12O4S. The third-order valence-electron chi connectivity index (χ3n) is 1.50. The second-order valence-corrected chi connectivity index (χ2v) is 5.45. The predicted octanol–water partition coefficient (Wildman–Crippen LogP) is 0.283. The van der Waals surface area contributed by atoms with E-state index in [4.69, 9.17) is 5.11 Å². The fraction of sp³-hybridized carbons (Fsp3) is 0.833. The molecule has 0 heterocycles. The van der Waals surface area contributed by atoms with E-state index in [1.54, 1.807) is 0 Å². The van der Waals surface area contributed by atoms with Crippen molar-refractivity contribution >= 4 is 15.8 Å². The molecule has 0 spiro atoms. The van der Waals surface area contributed by atoms with E-state index in [1.807, 2.05) is 0 Å².